The standard InChI is InChI=1S/C13H19NO2/c1-9(15)6-7-16-11-3-4-12-10(8-11)2-5-13(12)14/h3-4,8-9,13,15H,2,5-7,14H2,1H3/t9?,13-/m0/s1. The minimum absolute atomic E-state index is 0.196. The van der Waals surface area contributed by atoms with Crippen LogP contribution >= 0.6 is 0 Å². The first-order valence-corrected chi connectivity index (χ1v) is 5.86. The van der Waals surface area contributed by atoms with Gasteiger partial charge in [-0.3, -0.25) is 0 Å². The van der Waals surface area contributed by atoms with Crippen molar-refractivity contribution in [1.29, 1.82) is 0 Å². The highest BCUT2D eigenvalue weighted by Crippen LogP contribution is 2.31. The van der Waals surface area contributed by atoms with Crippen molar-refractivity contribution in [2.24, 2.45) is 5.73 Å². The molecule has 2 rings (SSSR count). The van der Waals surface area contributed by atoms with E-state index in [2.05, 4.69) is 12.1 Å². The van der Waals surface area contributed by atoms with Gasteiger partial charge in [0.05, 0.1) is 12.7 Å². The third kappa shape index (κ3) is 2.54. The molecular weight excluding hydrogens is 202 g/mol. The second kappa shape index (κ2) is 4.85. The molecule has 0 aliphatic heterocycles. The molecule has 0 heterocycles. The third-order valence-corrected chi connectivity index (χ3v) is 3.04. The molecule has 16 heavy (non-hydrogen) atoms. The molecule has 0 radical (unpaired) electrons. The predicted octanol–water partition coefficient (Wildman–Crippen LogP) is 1.78. The first-order chi connectivity index (χ1) is 7.66. The predicted molar refractivity (Wildman–Crippen MR) is 63.5 cm³/mol. The number of hydrogen-bond donors (Lipinski definition) is 2. The van der Waals surface area contributed by atoms with E-state index < -0.39 is 0 Å². The molecule has 0 fully saturated rings. The SMILES string of the molecule is CC(O)CCOc1ccc2c(c1)CC[C@@H]2N. The summed E-state index contributed by atoms with van der Waals surface area (Å²) < 4.78 is 5.58. The van der Waals surface area contributed by atoms with Crippen molar-refractivity contribution in [2.75, 3.05) is 6.61 Å². The van der Waals surface area contributed by atoms with Crippen molar-refractivity contribution in [3.05, 3.63) is 29.3 Å². The molecule has 1 aromatic rings. The van der Waals surface area contributed by atoms with E-state index in [4.69, 9.17) is 15.6 Å². The molecule has 0 bridgehead atoms. The van der Waals surface area contributed by atoms with E-state index in [1.54, 1.807) is 6.92 Å². The second-order valence-corrected chi connectivity index (χ2v) is 4.49. The van der Waals surface area contributed by atoms with Crippen LogP contribution in [0, 0.1) is 0 Å². The summed E-state index contributed by atoms with van der Waals surface area (Å²) >= 11 is 0. The Kier molecular flexibility index (Phi) is 3.46. The van der Waals surface area contributed by atoms with Crippen LogP contribution in [0.5, 0.6) is 5.75 Å². The molecule has 3 N–H and O–H groups in total. The van der Waals surface area contributed by atoms with Crippen LogP contribution in [-0.4, -0.2) is 17.8 Å². The quantitative estimate of drug-likeness (QED) is 0.815. The Bertz CT molecular complexity index is 363. The van der Waals surface area contributed by atoms with Gasteiger partial charge < -0.3 is 15.6 Å². The number of ether oxygens (including phenoxy) is 1. The molecule has 0 aromatic heterocycles. The largest absolute Gasteiger partial charge is 0.493 e. The third-order valence-electron chi connectivity index (χ3n) is 3.04. The zero-order chi connectivity index (χ0) is 11.5. The maximum Gasteiger partial charge on any atom is 0.119 e. The van der Waals surface area contributed by atoms with E-state index in [1.807, 2.05) is 6.07 Å². The fourth-order valence-electron chi connectivity index (χ4n) is 2.06. The summed E-state index contributed by atoms with van der Waals surface area (Å²) in [4.78, 5) is 0. The number of nitrogens with two attached hydrogens (primary N) is 1. The highest BCUT2D eigenvalue weighted by atomic mass is 16.5. The van der Waals surface area contributed by atoms with Gasteiger partial charge >= 0.3 is 0 Å². The second-order valence-electron chi connectivity index (χ2n) is 4.49. The molecule has 88 valence electrons. The number of aryl methyl sites for hydroxylation is 1. The van der Waals surface area contributed by atoms with Crippen molar-refractivity contribution < 1.29 is 9.84 Å². The molecule has 0 spiro atoms. The van der Waals surface area contributed by atoms with E-state index >= 15 is 0 Å². The van der Waals surface area contributed by atoms with Crippen LogP contribution in [0.3, 0.4) is 0 Å². The maximum absolute atomic E-state index is 9.12. The van der Waals surface area contributed by atoms with Crippen LogP contribution in [0.15, 0.2) is 18.2 Å². The molecule has 0 saturated carbocycles. The normalized spacial score (nSPS) is 20.6. The number of rotatable bonds is 4. The lowest BCUT2D eigenvalue weighted by Crippen LogP contribution is -2.08. The molecule has 3 heteroatoms. The Labute approximate surface area is 96.2 Å². The highest BCUT2D eigenvalue weighted by molar-refractivity contribution is 5.40. The molecule has 2 atom stereocenters. The molecule has 0 saturated heterocycles. The van der Waals surface area contributed by atoms with Crippen LogP contribution in [0.2, 0.25) is 0 Å². The minimum Gasteiger partial charge on any atom is -0.493 e. The van der Waals surface area contributed by atoms with Gasteiger partial charge in [0.2, 0.25) is 0 Å². The molecule has 1 unspecified atom stereocenters. The zero-order valence-electron chi connectivity index (χ0n) is 9.65. The van der Waals surface area contributed by atoms with Crippen LogP contribution in [0.25, 0.3) is 0 Å². The van der Waals surface area contributed by atoms with E-state index in [0.717, 1.165) is 18.6 Å². The van der Waals surface area contributed by atoms with Gasteiger partial charge in [0, 0.05) is 12.5 Å². The summed E-state index contributed by atoms with van der Waals surface area (Å²) in [6.45, 7) is 2.33. The van der Waals surface area contributed by atoms with Crippen molar-refractivity contribution in [3.63, 3.8) is 0 Å². The van der Waals surface area contributed by atoms with Crippen molar-refractivity contribution in [1.82, 2.24) is 0 Å². The van der Waals surface area contributed by atoms with Gasteiger partial charge in [0.1, 0.15) is 5.75 Å². The highest BCUT2D eigenvalue weighted by Gasteiger charge is 2.18. The van der Waals surface area contributed by atoms with Gasteiger partial charge in [-0.2, -0.15) is 0 Å². The van der Waals surface area contributed by atoms with Gasteiger partial charge in [-0.1, -0.05) is 6.07 Å². The molecule has 1 aliphatic carbocycles. The van der Waals surface area contributed by atoms with Crippen molar-refractivity contribution in [2.45, 2.75) is 38.3 Å². The van der Waals surface area contributed by atoms with E-state index in [9.17, 15) is 0 Å². The topological polar surface area (TPSA) is 55.5 Å². The number of fused-ring (bicyclic) bond motifs is 1. The number of aliphatic hydroxyl groups excluding tert-OH is 1. The Balaban J connectivity index is 1.97. The van der Waals surface area contributed by atoms with Gasteiger partial charge in [-0.15, -0.1) is 0 Å². The fourth-order valence-corrected chi connectivity index (χ4v) is 2.06. The lowest BCUT2D eigenvalue weighted by molar-refractivity contribution is 0.155. The minimum atomic E-state index is -0.303. The number of hydrogen-bond acceptors (Lipinski definition) is 3. The van der Waals surface area contributed by atoms with Gasteiger partial charge in [-0.25, -0.2) is 0 Å². The number of benzene rings is 1. The van der Waals surface area contributed by atoms with Crippen molar-refractivity contribution in [3.8, 4) is 5.75 Å². The van der Waals surface area contributed by atoms with Crippen LogP contribution < -0.4 is 10.5 Å². The van der Waals surface area contributed by atoms with E-state index in [0.29, 0.717) is 13.0 Å². The Morgan fingerprint density at radius 2 is 2.38 bits per heavy atom. The molecule has 0 amide bonds. The average molecular weight is 221 g/mol. The molecule has 1 aromatic carbocycles. The summed E-state index contributed by atoms with van der Waals surface area (Å²) in [5.74, 6) is 0.883. The van der Waals surface area contributed by atoms with Crippen molar-refractivity contribution >= 4 is 0 Å². The summed E-state index contributed by atoms with van der Waals surface area (Å²) in [5.41, 5.74) is 8.52. The lowest BCUT2D eigenvalue weighted by atomic mass is 10.1. The van der Waals surface area contributed by atoms with Crippen LogP contribution in [0.4, 0.5) is 0 Å². The summed E-state index contributed by atoms with van der Waals surface area (Å²) in [6.07, 6.45) is 2.44. The van der Waals surface area contributed by atoms with Gasteiger partial charge in [0.25, 0.3) is 0 Å². The average Bonchev–Trinajstić information content (AvgIpc) is 2.60. The first kappa shape index (κ1) is 11.4. The smallest absolute Gasteiger partial charge is 0.119 e. The summed E-state index contributed by atoms with van der Waals surface area (Å²) in [7, 11) is 0. The van der Waals surface area contributed by atoms with E-state index in [1.165, 1.54) is 11.1 Å². The fraction of sp³-hybridized carbons (Fsp3) is 0.538. The lowest BCUT2D eigenvalue weighted by Gasteiger charge is -2.10. The number of aliphatic hydroxyl groups is 1. The summed E-state index contributed by atoms with van der Waals surface area (Å²) in [6, 6.07) is 6.29. The Hall–Kier alpha value is -1.06. The van der Waals surface area contributed by atoms with Crippen LogP contribution in [0.1, 0.15) is 36.9 Å². The van der Waals surface area contributed by atoms with Gasteiger partial charge in [0.15, 0.2) is 0 Å². The van der Waals surface area contributed by atoms with E-state index in [-0.39, 0.29) is 12.1 Å². The summed E-state index contributed by atoms with van der Waals surface area (Å²) in [5, 5.41) is 9.12. The maximum atomic E-state index is 9.12. The Morgan fingerprint density at radius 1 is 1.56 bits per heavy atom. The van der Waals surface area contributed by atoms with Crippen LogP contribution in [-0.2, 0) is 6.42 Å². The monoisotopic (exact) mass is 221 g/mol. The van der Waals surface area contributed by atoms with Gasteiger partial charge in [-0.05, 0) is 43.0 Å². The molecule has 1 aliphatic rings. The zero-order valence-corrected chi connectivity index (χ0v) is 9.65. The molecule has 3 nitrogen and oxygen atoms in total. The Morgan fingerprint density at radius 3 is 3.12 bits per heavy atom. The molecular formula is C13H19NO2. The first-order valence-electron chi connectivity index (χ1n) is 5.86.